The Balaban J connectivity index is 2.10. The standard InChI is InChI=1S/C23H26ClNO5S/c1-5-29-17-12-15(6-7-16(17)24)20(26)18-19(22-14(4)8-11-31-22)25(23(28)21(18)27)9-10-30-13(2)3/h6-8,11-13,19,26H,5,9-10H2,1-4H3/b20-18-. The van der Waals surface area contributed by atoms with Crippen LogP contribution in [0.4, 0.5) is 0 Å². The Morgan fingerprint density at radius 2 is 2.03 bits per heavy atom. The number of aliphatic hydroxyl groups excluding tert-OH is 1. The van der Waals surface area contributed by atoms with E-state index >= 15 is 0 Å². The zero-order chi connectivity index (χ0) is 22.7. The van der Waals surface area contributed by atoms with E-state index in [0.717, 1.165) is 10.4 Å². The van der Waals surface area contributed by atoms with Crippen LogP contribution in [0, 0.1) is 6.92 Å². The minimum absolute atomic E-state index is 0.00444. The van der Waals surface area contributed by atoms with Gasteiger partial charge in [0, 0.05) is 17.0 Å². The van der Waals surface area contributed by atoms with Gasteiger partial charge >= 0.3 is 0 Å². The van der Waals surface area contributed by atoms with E-state index in [1.165, 1.54) is 16.2 Å². The van der Waals surface area contributed by atoms with Crippen LogP contribution in [0.1, 0.15) is 42.8 Å². The maximum absolute atomic E-state index is 13.0. The second-order valence-electron chi connectivity index (χ2n) is 7.46. The summed E-state index contributed by atoms with van der Waals surface area (Å²) in [6.45, 7) is 8.50. The van der Waals surface area contributed by atoms with Crippen molar-refractivity contribution in [2.45, 2.75) is 39.8 Å². The number of aryl methyl sites for hydroxylation is 1. The van der Waals surface area contributed by atoms with E-state index in [-0.39, 0.29) is 24.0 Å². The molecule has 2 heterocycles. The van der Waals surface area contributed by atoms with Crippen molar-refractivity contribution in [1.82, 2.24) is 4.90 Å². The highest BCUT2D eigenvalue weighted by Crippen LogP contribution is 2.43. The maximum Gasteiger partial charge on any atom is 0.295 e. The van der Waals surface area contributed by atoms with Gasteiger partial charge in [0.15, 0.2) is 0 Å². The van der Waals surface area contributed by atoms with Crippen molar-refractivity contribution in [3.05, 3.63) is 56.2 Å². The number of ether oxygens (including phenoxy) is 2. The van der Waals surface area contributed by atoms with Gasteiger partial charge in [-0.1, -0.05) is 11.6 Å². The Kier molecular flexibility index (Phi) is 7.41. The predicted octanol–water partition coefficient (Wildman–Crippen LogP) is 4.96. The highest BCUT2D eigenvalue weighted by atomic mass is 35.5. The lowest BCUT2D eigenvalue weighted by atomic mass is 9.98. The Morgan fingerprint density at radius 3 is 2.65 bits per heavy atom. The lowest BCUT2D eigenvalue weighted by molar-refractivity contribution is -0.140. The smallest absolute Gasteiger partial charge is 0.295 e. The Morgan fingerprint density at radius 1 is 1.29 bits per heavy atom. The Bertz CT molecular complexity index is 1010. The van der Waals surface area contributed by atoms with E-state index in [0.29, 0.717) is 29.5 Å². The number of ketones is 1. The molecule has 0 aliphatic carbocycles. The van der Waals surface area contributed by atoms with Gasteiger partial charge in [0.2, 0.25) is 0 Å². The molecule has 31 heavy (non-hydrogen) atoms. The number of likely N-dealkylation sites (tertiary alicyclic amines) is 1. The van der Waals surface area contributed by atoms with Gasteiger partial charge in [0.1, 0.15) is 11.5 Å². The normalized spacial score (nSPS) is 18.3. The van der Waals surface area contributed by atoms with E-state index in [1.807, 2.05) is 39.1 Å². The van der Waals surface area contributed by atoms with Crippen LogP contribution in [-0.4, -0.2) is 47.6 Å². The third-order valence-corrected chi connectivity index (χ3v) is 6.36. The summed E-state index contributed by atoms with van der Waals surface area (Å²) in [5.74, 6) is -1.21. The van der Waals surface area contributed by atoms with Crippen molar-refractivity contribution in [3.63, 3.8) is 0 Å². The third-order valence-electron chi connectivity index (χ3n) is 4.98. The first kappa shape index (κ1) is 23.3. The van der Waals surface area contributed by atoms with Crippen molar-refractivity contribution in [2.75, 3.05) is 19.8 Å². The van der Waals surface area contributed by atoms with Crippen LogP contribution in [0.3, 0.4) is 0 Å². The number of Topliss-reactive ketones (excluding diaryl/α,β-unsaturated/α-hetero) is 1. The van der Waals surface area contributed by atoms with Crippen LogP contribution in [0.5, 0.6) is 5.75 Å². The summed E-state index contributed by atoms with van der Waals surface area (Å²) in [5, 5.41) is 13.4. The van der Waals surface area contributed by atoms with Crippen LogP contribution >= 0.6 is 22.9 Å². The zero-order valence-electron chi connectivity index (χ0n) is 18.0. The van der Waals surface area contributed by atoms with Crippen LogP contribution in [0.2, 0.25) is 5.02 Å². The third kappa shape index (κ3) is 4.79. The molecule has 1 fully saturated rings. The number of hydrogen-bond donors (Lipinski definition) is 1. The molecule has 1 aromatic carbocycles. The number of amides is 1. The molecule has 0 bridgehead atoms. The molecule has 1 atom stereocenters. The van der Waals surface area contributed by atoms with Gasteiger partial charge < -0.3 is 19.5 Å². The van der Waals surface area contributed by atoms with E-state index in [9.17, 15) is 14.7 Å². The molecule has 1 amide bonds. The van der Waals surface area contributed by atoms with Crippen molar-refractivity contribution in [2.24, 2.45) is 0 Å². The first-order valence-electron chi connectivity index (χ1n) is 10.1. The number of carbonyl (C=O) groups excluding carboxylic acids is 2. The molecule has 1 aromatic heterocycles. The number of halogens is 1. The average molecular weight is 464 g/mol. The average Bonchev–Trinajstić information content (AvgIpc) is 3.25. The highest BCUT2D eigenvalue weighted by Gasteiger charge is 2.46. The molecule has 3 rings (SSSR count). The molecular weight excluding hydrogens is 438 g/mol. The number of hydrogen-bond acceptors (Lipinski definition) is 6. The monoisotopic (exact) mass is 463 g/mol. The summed E-state index contributed by atoms with van der Waals surface area (Å²) >= 11 is 7.61. The first-order chi connectivity index (χ1) is 14.8. The maximum atomic E-state index is 13.0. The molecule has 8 heteroatoms. The second kappa shape index (κ2) is 9.85. The summed E-state index contributed by atoms with van der Waals surface area (Å²) in [4.78, 5) is 28.2. The van der Waals surface area contributed by atoms with Crippen molar-refractivity contribution in [3.8, 4) is 5.75 Å². The minimum Gasteiger partial charge on any atom is -0.507 e. The zero-order valence-corrected chi connectivity index (χ0v) is 19.5. The SMILES string of the molecule is CCOc1cc(/C(O)=C2/C(=O)C(=O)N(CCOC(C)C)C2c2sccc2C)ccc1Cl. The van der Waals surface area contributed by atoms with Gasteiger partial charge in [-0.05, 0) is 62.9 Å². The lowest BCUT2D eigenvalue weighted by Crippen LogP contribution is -2.33. The second-order valence-corrected chi connectivity index (χ2v) is 8.81. The number of thiophene rings is 1. The van der Waals surface area contributed by atoms with E-state index in [2.05, 4.69) is 0 Å². The fraction of sp³-hybridized carbons (Fsp3) is 0.391. The summed E-state index contributed by atoms with van der Waals surface area (Å²) in [5.41, 5.74) is 1.37. The fourth-order valence-electron chi connectivity index (χ4n) is 3.51. The lowest BCUT2D eigenvalue weighted by Gasteiger charge is -2.25. The molecule has 2 aromatic rings. The van der Waals surface area contributed by atoms with Crippen molar-refractivity contribution >= 4 is 40.4 Å². The van der Waals surface area contributed by atoms with Crippen LogP contribution < -0.4 is 4.74 Å². The molecule has 1 aliphatic heterocycles. The Labute approximate surface area is 191 Å². The van der Waals surface area contributed by atoms with Gasteiger partial charge in [-0.2, -0.15) is 0 Å². The van der Waals surface area contributed by atoms with Gasteiger partial charge in [-0.3, -0.25) is 9.59 Å². The van der Waals surface area contributed by atoms with Gasteiger partial charge in [0.25, 0.3) is 11.7 Å². The number of carbonyl (C=O) groups is 2. The molecule has 6 nitrogen and oxygen atoms in total. The number of nitrogens with zero attached hydrogens (tertiary/aromatic N) is 1. The first-order valence-corrected chi connectivity index (χ1v) is 11.4. The van der Waals surface area contributed by atoms with E-state index in [1.54, 1.807) is 18.2 Å². The molecule has 1 saturated heterocycles. The van der Waals surface area contributed by atoms with Gasteiger partial charge in [-0.25, -0.2) is 0 Å². The predicted molar refractivity (Wildman–Crippen MR) is 122 cm³/mol. The fourth-order valence-corrected chi connectivity index (χ4v) is 4.73. The summed E-state index contributed by atoms with van der Waals surface area (Å²) < 4.78 is 11.1. The largest absolute Gasteiger partial charge is 0.507 e. The summed E-state index contributed by atoms with van der Waals surface area (Å²) in [6, 6.07) is 6.03. The molecule has 1 aliphatic rings. The van der Waals surface area contributed by atoms with Crippen molar-refractivity contribution in [1.29, 1.82) is 0 Å². The van der Waals surface area contributed by atoms with E-state index < -0.39 is 17.7 Å². The molecule has 0 radical (unpaired) electrons. The summed E-state index contributed by atoms with van der Waals surface area (Å²) in [7, 11) is 0. The molecule has 0 saturated carbocycles. The summed E-state index contributed by atoms with van der Waals surface area (Å²) in [6.07, 6.45) is 0.00444. The van der Waals surface area contributed by atoms with E-state index in [4.69, 9.17) is 21.1 Å². The van der Waals surface area contributed by atoms with Crippen LogP contribution in [-0.2, 0) is 14.3 Å². The van der Waals surface area contributed by atoms with Gasteiger partial charge in [-0.15, -0.1) is 11.3 Å². The molecule has 1 unspecified atom stereocenters. The molecule has 166 valence electrons. The minimum atomic E-state index is -0.715. The van der Waals surface area contributed by atoms with Gasteiger partial charge in [0.05, 0.1) is 36.0 Å². The Hall–Kier alpha value is -2.35. The van der Waals surface area contributed by atoms with Crippen molar-refractivity contribution < 1.29 is 24.2 Å². The molecule has 1 N–H and O–H groups in total. The number of aliphatic hydroxyl groups is 1. The topological polar surface area (TPSA) is 76.1 Å². The molecular formula is C23H26ClNO5S. The quantitative estimate of drug-likeness (QED) is 0.340. The highest BCUT2D eigenvalue weighted by molar-refractivity contribution is 7.10. The number of rotatable bonds is 8. The van der Waals surface area contributed by atoms with Crippen LogP contribution in [0.25, 0.3) is 5.76 Å². The van der Waals surface area contributed by atoms with Crippen LogP contribution in [0.15, 0.2) is 35.2 Å². The number of benzene rings is 1. The molecule has 0 spiro atoms.